The molecular weight excluding hydrogens is 394 g/mol. The number of rotatable bonds is 3. The highest BCUT2D eigenvalue weighted by Gasteiger charge is 2.51. The summed E-state index contributed by atoms with van der Waals surface area (Å²) in [4.78, 5) is 17.9. The topological polar surface area (TPSA) is 35.6 Å². The number of nitrogens with one attached hydrogen (secondary N) is 1. The van der Waals surface area contributed by atoms with Gasteiger partial charge in [0.1, 0.15) is 5.54 Å². The zero-order valence-corrected chi connectivity index (χ0v) is 18.2. The third-order valence-corrected chi connectivity index (χ3v) is 7.78. The second kappa shape index (κ2) is 8.24. The van der Waals surface area contributed by atoms with E-state index in [9.17, 15) is 4.79 Å². The quantitative estimate of drug-likeness (QED) is 0.770. The van der Waals surface area contributed by atoms with E-state index in [2.05, 4.69) is 45.4 Å². The van der Waals surface area contributed by atoms with E-state index in [1.165, 1.54) is 31.2 Å². The lowest BCUT2D eigenvalue weighted by atomic mass is 9.77. The Balaban J connectivity index is 1.34. The Morgan fingerprint density at radius 2 is 1.63 bits per heavy atom. The highest BCUT2D eigenvalue weighted by Crippen LogP contribution is 2.41. The fraction of sp³-hybridized carbons (Fsp3) is 0.480. The van der Waals surface area contributed by atoms with Gasteiger partial charge in [0.15, 0.2) is 0 Å². The number of hydrogen-bond acceptors (Lipinski definition) is 3. The van der Waals surface area contributed by atoms with Gasteiger partial charge in [-0.3, -0.25) is 9.69 Å². The number of hydrogen-bond donors (Lipinski definition) is 1. The van der Waals surface area contributed by atoms with Crippen LogP contribution in [0.2, 0.25) is 5.02 Å². The second-order valence-electron chi connectivity index (χ2n) is 9.00. The van der Waals surface area contributed by atoms with E-state index in [4.69, 9.17) is 11.6 Å². The maximum atomic E-state index is 13.0. The van der Waals surface area contributed by atoms with Crippen molar-refractivity contribution in [3.05, 3.63) is 65.2 Å². The maximum Gasteiger partial charge on any atom is 0.247 e. The Morgan fingerprint density at radius 3 is 2.37 bits per heavy atom. The lowest BCUT2D eigenvalue weighted by molar-refractivity contribution is -0.125. The van der Waals surface area contributed by atoms with Crippen LogP contribution in [0, 0.1) is 0 Å². The number of nitrogens with zero attached hydrogens (tertiary/aromatic N) is 2. The van der Waals surface area contributed by atoms with E-state index in [1.807, 2.05) is 24.3 Å². The van der Waals surface area contributed by atoms with Crippen LogP contribution in [-0.4, -0.2) is 42.1 Å². The first-order valence-electron chi connectivity index (χ1n) is 11.3. The van der Waals surface area contributed by atoms with Crippen LogP contribution in [0.4, 0.5) is 5.69 Å². The summed E-state index contributed by atoms with van der Waals surface area (Å²) >= 11 is 6.09. The number of anilines is 1. The summed E-state index contributed by atoms with van der Waals surface area (Å²) < 4.78 is 0. The highest BCUT2D eigenvalue weighted by atomic mass is 35.5. The van der Waals surface area contributed by atoms with Crippen molar-refractivity contribution in [3.63, 3.8) is 0 Å². The van der Waals surface area contributed by atoms with Crippen molar-refractivity contribution >= 4 is 23.2 Å². The zero-order valence-electron chi connectivity index (χ0n) is 17.4. The predicted octanol–water partition coefficient (Wildman–Crippen LogP) is 4.79. The molecule has 1 N–H and O–H groups in total. The van der Waals surface area contributed by atoms with Crippen molar-refractivity contribution in [1.29, 1.82) is 0 Å². The number of carbonyl (C=O) groups is 1. The third kappa shape index (κ3) is 3.50. The molecule has 2 saturated heterocycles. The molecule has 1 saturated carbocycles. The molecule has 3 aliphatic rings. The summed E-state index contributed by atoms with van der Waals surface area (Å²) in [5.41, 5.74) is 2.12. The van der Waals surface area contributed by atoms with Crippen LogP contribution in [0.5, 0.6) is 0 Å². The minimum Gasteiger partial charge on any atom is -0.339 e. The van der Waals surface area contributed by atoms with Gasteiger partial charge >= 0.3 is 0 Å². The van der Waals surface area contributed by atoms with Gasteiger partial charge in [0.05, 0.1) is 6.67 Å². The molecule has 1 amide bonds. The van der Waals surface area contributed by atoms with Gasteiger partial charge in [-0.1, -0.05) is 54.8 Å². The minimum atomic E-state index is -0.429. The molecule has 30 heavy (non-hydrogen) atoms. The number of likely N-dealkylation sites (tertiary alicyclic amines) is 1. The molecule has 0 aromatic heterocycles. The normalized spacial score (nSPS) is 26.7. The van der Waals surface area contributed by atoms with E-state index < -0.39 is 5.54 Å². The zero-order chi connectivity index (χ0) is 20.6. The molecule has 3 fully saturated rings. The molecule has 1 spiro atoms. The summed E-state index contributed by atoms with van der Waals surface area (Å²) in [7, 11) is 0. The highest BCUT2D eigenvalue weighted by molar-refractivity contribution is 6.30. The number of piperidine rings is 1. The van der Waals surface area contributed by atoms with Crippen LogP contribution in [0.15, 0.2) is 54.6 Å². The predicted molar refractivity (Wildman–Crippen MR) is 122 cm³/mol. The second-order valence-corrected chi connectivity index (χ2v) is 9.44. The minimum absolute atomic E-state index is 0.181. The van der Waals surface area contributed by atoms with Gasteiger partial charge in [0, 0.05) is 29.8 Å². The van der Waals surface area contributed by atoms with Gasteiger partial charge < -0.3 is 10.2 Å². The van der Waals surface area contributed by atoms with Gasteiger partial charge in [0.25, 0.3) is 0 Å². The molecule has 158 valence electrons. The van der Waals surface area contributed by atoms with Crippen molar-refractivity contribution in [2.24, 2.45) is 0 Å². The lowest BCUT2D eigenvalue weighted by Gasteiger charge is -2.48. The van der Waals surface area contributed by atoms with Crippen molar-refractivity contribution in [3.8, 4) is 0 Å². The van der Waals surface area contributed by atoms with Crippen molar-refractivity contribution in [2.75, 3.05) is 24.7 Å². The van der Waals surface area contributed by atoms with Crippen LogP contribution in [-0.2, 0) is 4.79 Å². The molecule has 5 heteroatoms. The van der Waals surface area contributed by atoms with E-state index in [-0.39, 0.29) is 5.91 Å². The van der Waals surface area contributed by atoms with Gasteiger partial charge in [-0.05, 0) is 61.4 Å². The number of benzene rings is 2. The summed E-state index contributed by atoms with van der Waals surface area (Å²) in [6.07, 6.45) is 6.92. The van der Waals surface area contributed by atoms with E-state index >= 15 is 0 Å². The first-order valence-corrected chi connectivity index (χ1v) is 11.7. The molecule has 0 unspecified atom stereocenters. The van der Waals surface area contributed by atoms with Gasteiger partial charge in [-0.15, -0.1) is 0 Å². The summed E-state index contributed by atoms with van der Waals surface area (Å²) in [5.74, 6) is 0.791. The summed E-state index contributed by atoms with van der Waals surface area (Å²) in [6, 6.07) is 19.5. The molecule has 2 aromatic carbocycles. The molecule has 0 bridgehead atoms. The van der Waals surface area contributed by atoms with Crippen LogP contribution in [0.1, 0.15) is 50.0 Å². The van der Waals surface area contributed by atoms with Crippen molar-refractivity contribution < 1.29 is 4.79 Å². The van der Waals surface area contributed by atoms with Crippen LogP contribution < -0.4 is 10.2 Å². The first-order chi connectivity index (χ1) is 14.7. The van der Waals surface area contributed by atoms with E-state index in [1.54, 1.807) is 0 Å². The van der Waals surface area contributed by atoms with E-state index in [0.717, 1.165) is 36.6 Å². The monoisotopic (exact) mass is 423 g/mol. The first kappa shape index (κ1) is 19.9. The van der Waals surface area contributed by atoms with Gasteiger partial charge in [0.2, 0.25) is 5.91 Å². The van der Waals surface area contributed by atoms with E-state index in [0.29, 0.717) is 18.6 Å². The fourth-order valence-electron chi connectivity index (χ4n) is 5.91. The Hall–Kier alpha value is -2.04. The fourth-order valence-corrected chi connectivity index (χ4v) is 6.03. The number of amides is 1. The third-order valence-electron chi connectivity index (χ3n) is 7.53. The Morgan fingerprint density at radius 1 is 0.933 bits per heavy atom. The molecule has 0 radical (unpaired) electrons. The molecule has 2 aliphatic heterocycles. The Kier molecular flexibility index (Phi) is 5.46. The van der Waals surface area contributed by atoms with Crippen LogP contribution >= 0.6 is 11.6 Å². The van der Waals surface area contributed by atoms with Crippen molar-refractivity contribution in [1.82, 2.24) is 10.2 Å². The maximum absolute atomic E-state index is 13.0. The number of halogens is 1. The average molecular weight is 424 g/mol. The van der Waals surface area contributed by atoms with Crippen LogP contribution in [0.25, 0.3) is 0 Å². The summed E-state index contributed by atoms with van der Waals surface area (Å²) in [5, 5.41) is 3.83. The molecule has 1 aliphatic carbocycles. The van der Waals surface area contributed by atoms with Gasteiger partial charge in [-0.25, -0.2) is 0 Å². The molecule has 4 nitrogen and oxygen atoms in total. The molecular formula is C25H30ClN3O. The van der Waals surface area contributed by atoms with Crippen LogP contribution in [0.3, 0.4) is 0 Å². The smallest absolute Gasteiger partial charge is 0.247 e. The van der Waals surface area contributed by atoms with Gasteiger partial charge in [-0.2, -0.15) is 0 Å². The largest absolute Gasteiger partial charge is 0.339 e. The summed E-state index contributed by atoms with van der Waals surface area (Å²) in [6.45, 7) is 2.54. The SMILES string of the molecule is O=C1NCN(c2ccc(Cl)cc2)C12CCN([C@@H]1CCCC[C@@H]1c1ccccc1)CC2. The Labute approximate surface area is 184 Å². The molecule has 2 heterocycles. The Bertz CT molecular complexity index is 877. The molecule has 2 aromatic rings. The molecule has 5 rings (SSSR count). The average Bonchev–Trinajstić information content (AvgIpc) is 3.11. The lowest BCUT2D eigenvalue weighted by Crippen LogP contribution is -2.58. The number of carbonyl (C=O) groups excluding carboxylic acids is 1. The molecule has 2 atom stereocenters. The standard InChI is InChI=1S/C25H30ClN3O/c26-20-10-12-21(13-11-20)29-18-27-24(30)25(29)14-16-28(17-15-25)23-9-5-4-8-22(23)19-6-2-1-3-7-19/h1-3,6-7,10-13,22-23H,4-5,8-9,14-18H2,(H,27,30)/t22-,23-/m1/s1. The van der Waals surface area contributed by atoms with Crippen molar-refractivity contribution in [2.45, 2.75) is 56.0 Å².